The van der Waals surface area contributed by atoms with E-state index < -0.39 is 4.92 Å². The van der Waals surface area contributed by atoms with Crippen LogP contribution in [0.2, 0.25) is 0 Å². The van der Waals surface area contributed by atoms with Crippen LogP contribution < -0.4 is 0 Å². The van der Waals surface area contributed by atoms with Crippen molar-refractivity contribution in [2.45, 2.75) is 0 Å². The lowest BCUT2D eigenvalue weighted by Crippen LogP contribution is -1.97. The largest absolute Gasteiger partial charge is 0.618 e. The van der Waals surface area contributed by atoms with E-state index in [-0.39, 0.29) is 5.69 Å². The van der Waals surface area contributed by atoms with Crippen LogP contribution in [0.1, 0.15) is 5.76 Å². The van der Waals surface area contributed by atoms with Crippen LogP contribution in [0.15, 0.2) is 71.1 Å². The molecule has 0 aliphatic carbocycles. The van der Waals surface area contributed by atoms with Gasteiger partial charge in [0.25, 0.3) is 5.69 Å². The minimum atomic E-state index is -0.464. The van der Waals surface area contributed by atoms with E-state index in [9.17, 15) is 15.3 Å². The van der Waals surface area contributed by atoms with Crippen LogP contribution in [0.5, 0.6) is 0 Å². The van der Waals surface area contributed by atoms with Crippen molar-refractivity contribution < 1.29 is 14.1 Å². The monoisotopic (exact) mass is 308 g/mol. The van der Waals surface area contributed by atoms with Crippen molar-refractivity contribution >= 4 is 17.6 Å². The highest BCUT2D eigenvalue weighted by molar-refractivity contribution is 5.75. The Bertz CT molecular complexity index is 869. The van der Waals surface area contributed by atoms with Gasteiger partial charge in [0.2, 0.25) is 11.9 Å². The number of hydrogen-bond donors (Lipinski definition) is 0. The minimum absolute atomic E-state index is 0.0147. The molecule has 1 heterocycles. The highest BCUT2D eigenvalue weighted by Gasteiger charge is 2.11. The molecule has 0 spiro atoms. The molecule has 6 nitrogen and oxygen atoms in total. The van der Waals surface area contributed by atoms with Gasteiger partial charge in [0.1, 0.15) is 5.76 Å². The van der Waals surface area contributed by atoms with Gasteiger partial charge < -0.3 is 9.62 Å². The molecule has 3 rings (SSSR count). The van der Waals surface area contributed by atoms with E-state index in [1.165, 1.54) is 18.3 Å². The molecule has 3 aromatic rings. The standard InChI is InChI=1S/C17H12N2O4/c20-18(14-6-2-1-3-7-14)12-16-9-10-17(23-16)13-5-4-8-15(11-13)19(21)22/h1-12H/b18-12-. The second-order valence-corrected chi connectivity index (χ2v) is 4.80. The molecule has 2 aromatic carbocycles. The average molecular weight is 308 g/mol. The summed E-state index contributed by atoms with van der Waals surface area (Å²) in [6, 6.07) is 18.2. The highest BCUT2D eigenvalue weighted by Crippen LogP contribution is 2.25. The van der Waals surface area contributed by atoms with E-state index in [0.29, 0.717) is 27.5 Å². The number of hydrogen-bond acceptors (Lipinski definition) is 4. The molecule has 0 N–H and O–H groups in total. The molecule has 0 aliphatic heterocycles. The summed E-state index contributed by atoms with van der Waals surface area (Å²) in [6.07, 6.45) is 1.32. The Morgan fingerprint density at radius 2 is 1.61 bits per heavy atom. The fourth-order valence-electron chi connectivity index (χ4n) is 2.12. The Morgan fingerprint density at radius 1 is 0.870 bits per heavy atom. The molecule has 0 unspecified atom stereocenters. The molecule has 0 aliphatic rings. The first kappa shape index (κ1) is 14.5. The number of benzene rings is 2. The van der Waals surface area contributed by atoms with E-state index in [2.05, 4.69) is 0 Å². The summed E-state index contributed by atoms with van der Waals surface area (Å²) in [7, 11) is 0. The summed E-state index contributed by atoms with van der Waals surface area (Å²) < 4.78 is 6.28. The maximum Gasteiger partial charge on any atom is 0.270 e. The quantitative estimate of drug-likeness (QED) is 0.239. The molecule has 0 fully saturated rings. The fraction of sp³-hybridized carbons (Fsp3) is 0. The fourth-order valence-corrected chi connectivity index (χ4v) is 2.12. The maximum absolute atomic E-state index is 12.0. The zero-order chi connectivity index (χ0) is 16.2. The van der Waals surface area contributed by atoms with E-state index in [0.717, 1.165) is 0 Å². The van der Waals surface area contributed by atoms with Crippen molar-refractivity contribution in [3.63, 3.8) is 0 Å². The average Bonchev–Trinajstić information content (AvgIpc) is 3.04. The van der Waals surface area contributed by atoms with Crippen LogP contribution in [0.4, 0.5) is 11.4 Å². The Balaban J connectivity index is 1.89. The van der Waals surface area contributed by atoms with Gasteiger partial charge in [-0.15, -0.1) is 0 Å². The second kappa shape index (κ2) is 6.15. The number of rotatable bonds is 4. The SMILES string of the molecule is O=[N+]([O-])c1cccc(-c2ccc(/C=[N+](\[O-])c3ccccc3)o2)c1. The Kier molecular flexibility index (Phi) is 3.88. The molecule has 1 aromatic heterocycles. The lowest BCUT2D eigenvalue weighted by molar-refractivity contribution is -0.384. The van der Waals surface area contributed by atoms with Gasteiger partial charge in [-0.05, 0) is 12.1 Å². The van der Waals surface area contributed by atoms with Crippen LogP contribution in [0.3, 0.4) is 0 Å². The van der Waals surface area contributed by atoms with Gasteiger partial charge in [-0.2, -0.15) is 4.74 Å². The molecule has 0 amide bonds. The van der Waals surface area contributed by atoms with Gasteiger partial charge in [-0.25, -0.2) is 0 Å². The molecular formula is C17H12N2O4. The summed E-state index contributed by atoms with van der Waals surface area (Å²) in [5.41, 5.74) is 1.05. The third-order valence-corrected chi connectivity index (χ3v) is 3.22. The third kappa shape index (κ3) is 3.26. The van der Waals surface area contributed by atoms with Crippen molar-refractivity contribution in [2.24, 2.45) is 0 Å². The van der Waals surface area contributed by atoms with Crippen LogP contribution in [-0.2, 0) is 0 Å². The first-order valence-electron chi connectivity index (χ1n) is 6.84. The van der Waals surface area contributed by atoms with E-state index >= 15 is 0 Å². The molecule has 6 heteroatoms. The molecule has 23 heavy (non-hydrogen) atoms. The maximum atomic E-state index is 12.0. The lowest BCUT2D eigenvalue weighted by atomic mass is 10.1. The smallest absolute Gasteiger partial charge is 0.270 e. The minimum Gasteiger partial charge on any atom is -0.618 e. The Labute approximate surface area is 131 Å². The van der Waals surface area contributed by atoms with Crippen molar-refractivity contribution in [2.75, 3.05) is 0 Å². The third-order valence-electron chi connectivity index (χ3n) is 3.22. The molecule has 0 saturated heterocycles. The molecule has 0 bridgehead atoms. The number of nitro groups is 1. The van der Waals surface area contributed by atoms with Crippen LogP contribution in [0, 0.1) is 15.3 Å². The van der Waals surface area contributed by atoms with Crippen LogP contribution in [-0.4, -0.2) is 15.9 Å². The van der Waals surface area contributed by atoms with E-state index in [1.54, 1.807) is 48.5 Å². The van der Waals surface area contributed by atoms with Gasteiger partial charge in [0, 0.05) is 29.8 Å². The Morgan fingerprint density at radius 3 is 2.35 bits per heavy atom. The van der Waals surface area contributed by atoms with Crippen molar-refractivity contribution in [3.05, 3.63) is 87.8 Å². The summed E-state index contributed by atoms with van der Waals surface area (Å²) in [5.74, 6) is 0.826. The number of nitro benzene ring substituents is 1. The molecular weight excluding hydrogens is 296 g/mol. The summed E-state index contributed by atoms with van der Waals surface area (Å²) in [6.45, 7) is 0. The van der Waals surface area contributed by atoms with E-state index in [4.69, 9.17) is 4.42 Å². The molecule has 0 atom stereocenters. The van der Waals surface area contributed by atoms with Gasteiger partial charge in [-0.1, -0.05) is 30.3 Å². The number of non-ortho nitro benzene ring substituents is 1. The van der Waals surface area contributed by atoms with Crippen molar-refractivity contribution in [3.8, 4) is 11.3 Å². The highest BCUT2D eigenvalue weighted by atomic mass is 16.6. The van der Waals surface area contributed by atoms with Crippen LogP contribution in [0.25, 0.3) is 11.3 Å². The van der Waals surface area contributed by atoms with Crippen molar-refractivity contribution in [1.82, 2.24) is 0 Å². The lowest BCUT2D eigenvalue weighted by Gasteiger charge is -2.01. The number of para-hydroxylation sites is 1. The van der Waals surface area contributed by atoms with Gasteiger partial charge in [0.05, 0.1) is 4.92 Å². The number of furan rings is 1. The number of nitrogens with zero attached hydrogens (tertiary/aromatic N) is 2. The first-order chi connectivity index (χ1) is 11.1. The molecule has 0 saturated carbocycles. The summed E-state index contributed by atoms with van der Waals surface area (Å²) >= 11 is 0. The van der Waals surface area contributed by atoms with Crippen LogP contribution >= 0.6 is 0 Å². The van der Waals surface area contributed by atoms with E-state index in [1.807, 2.05) is 6.07 Å². The predicted molar refractivity (Wildman–Crippen MR) is 85.7 cm³/mol. The van der Waals surface area contributed by atoms with Gasteiger partial charge in [0.15, 0.2) is 5.76 Å². The molecule has 114 valence electrons. The summed E-state index contributed by atoms with van der Waals surface area (Å²) in [4.78, 5) is 10.3. The predicted octanol–water partition coefficient (Wildman–Crippen LogP) is 4.12. The topological polar surface area (TPSA) is 82.3 Å². The Hall–Kier alpha value is -3.41. The van der Waals surface area contributed by atoms with Gasteiger partial charge in [-0.3, -0.25) is 10.1 Å². The normalized spacial score (nSPS) is 11.4. The molecule has 0 radical (unpaired) electrons. The second-order valence-electron chi connectivity index (χ2n) is 4.80. The van der Waals surface area contributed by atoms with Crippen molar-refractivity contribution in [1.29, 1.82) is 0 Å². The zero-order valence-electron chi connectivity index (χ0n) is 12.0. The van der Waals surface area contributed by atoms with Gasteiger partial charge >= 0.3 is 0 Å². The first-order valence-corrected chi connectivity index (χ1v) is 6.84. The summed E-state index contributed by atoms with van der Waals surface area (Å²) in [5, 5.41) is 22.8. The zero-order valence-corrected chi connectivity index (χ0v) is 12.0.